The highest BCUT2D eigenvalue weighted by Gasteiger charge is 2.22. The van der Waals surface area contributed by atoms with Crippen LogP contribution >= 0.6 is 11.6 Å². The number of rotatable bonds is 6. The number of para-hydroxylation sites is 1. The quantitative estimate of drug-likeness (QED) is 0.380. The largest absolute Gasteiger partial charge is 0.491 e. The number of hydrogen-bond donors (Lipinski definition) is 4. The van der Waals surface area contributed by atoms with E-state index in [1.165, 1.54) is 12.1 Å². The number of aliphatic hydroxyl groups excluding tert-OH is 1. The fourth-order valence-corrected chi connectivity index (χ4v) is 3.91. The number of amides is 4. The average Bonchev–Trinajstić information content (AvgIpc) is 2.85. The molecule has 0 aromatic heterocycles. The standard InChI is InChI=1S/C25H24ClFN4O4/c26-20-14-19(35-12-11-32)7-8-22(20)30-25(34)31-10-9-16-13-18(6-5-17(16)15-31)28-24(33)29-23-4-2-1-3-21(23)27/h1-8,13-14,32H,9-12,15H2,(H,30,34)(H2,28,29,33). The van der Waals surface area contributed by atoms with Crippen LogP contribution in [0.15, 0.2) is 60.7 Å². The number of carbonyl (C=O) groups excluding carboxylic acids is 2. The number of benzene rings is 3. The van der Waals surface area contributed by atoms with Crippen molar-refractivity contribution < 1.29 is 23.8 Å². The van der Waals surface area contributed by atoms with Crippen molar-refractivity contribution in [3.8, 4) is 5.75 Å². The lowest BCUT2D eigenvalue weighted by Gasteiger charge is -2.29. The number of fused-ring (bicyclic) bond motifs is 1. The Bertz CT molecular complexity index is 1240. The van der Waals surface area contributed by atoms with Crippen LogP contribution in [0, 0.1) is 5.82 Å². The van der Waals surface area contributed by atoms with Gasteiger partial charge < -0.3 is 30.7 Å². The van der Waals surface area contributed by atoms with Crippen molar-refractivity contribution in [3.63, 3.8) is 0 Å². The SMILES string of the molecule is O=C(Nc1ccc2c(c1)CCN(C(=O)Nc1ccc(OCCO)cc1Cl)C2)Nc1ccccc1F. The molecule has 0 spiro atoms. The molecule has 10 heteroatoms. The van der Waals surface area contributed by atoms with E-state index < -0.39 is 11.8 Å². The molecule has 3 aromatic carbocycles. The van der Waals surface area contributed by atoms with Gasteiger partial charge in [0.25, 0.3) is 0 Å². The van der Waals surface area contributed by atoms with Crippen LogP contribution in [0.1, 0.15) is 11.1 Å². The fourth-order valence-electron chi connectivity index (χ4n) is 3.70. The molecule has 4 N–H and O–H groups in total. The van der Waals surface area contributed by atoms with Gasteiger partial charge in [0, 0.05) is 24.8 Å². The second kappa shape index (κ2) is 11.1. The number of nitrogens with zero attached hydrogens (tertiary/aromatic N) is 1. The first-order valence-corrected chi connectivity index (χ1v) is 11.3. The van der Waals surface area contributed by atoms with Crippen LogP contribution in [-0.4, -0.2) is 41.8 Å². The predicted molar refractivity (Wildman–Crippen MR) is 133 cm³/mol. The highest BCUT2D eigenvalue weighted by molar-refractivity contribution is 6.33. The van der Waals surface area contributed by atoms with Crippen LogP contribution in [0.4, 0.5) is 31.0 Å². The zero-order valence-corrected chi connectivity index (χ0v) is 19.4. The Balaban J connectivity index is 1.35. The van der Waals surface area contributed by atoms with Crippen molar-refractivity contribution in [1.82, 2.24) is 4.90 Å². The molecule has 8 nitrogen and oxygen atoms in total. The van der Waals surface area contributed by atoms with Crippen molar-refractivity contribution in [2.75, 3.05) is 35.7 Å². The molecule has 0 bridgehead atoms. The molecule has 0 unspecified atom stereocenters. The summed E-state index contributed by atoms with van der Waals surface area (Å²) in [7, 11) is 0. The van der Waals surface area contributed by atoms with Crippen LogP contribution < -0.4 is 20.7 Å². The van der Waals surface area contributed by atoms with Gasteiger partial charge in [-0.05, 0) is 53.9 Å². The summed E-state index contributed by atoms with van der Waals surface area (Å²) in [6.45, 7) is 0.935. The van der Waals surface area contributed by atoms with Crippen molar-refractivity contribution >= 4 is 40.7 Å². The van der Waals surface area contributed by atoms with Crippen LogP contribution in [0.2, 0.25) is 5.02 Å². The van der Waals surface area contributed by atoms with Crippen molar-refractivity contribution in [1.29, 1.82) is 0 Å². The molecule has 0 radical (unpaired) electrons. The van der Waals surface area contributed by atoms with Crippen molar-refractivity contribution in [2.24, 2.45) is 0 Å². The van der Waals surface area contributed by atoms with E-state index in [-0.39, 0.29) is 24.9 Å². The molecule has 0 aliphatic carbocycles. The maximum Gasteiger partial charge on any atom is 0.323 e. The number of carbonyl (C=O) groups is 2. The monoisotopic (exact) mass is 498 g/mol. The van der Waals surface area contributed by atoms with Crippen LogP contribution in [0.25, 0.3) is 0 Å². The van der Waals surface area contributed by atoms with E-state index in [9.17, 15) is 14.0 Å². The highest BCUT2D eigenvalue weighted by Crippen LogP contribution is 2.28. The van der Waals surface area contributed by atoms with E-state index >= 15 is 0 Å². The first-order chi connectivity index (χ1) is 16.9. The number of ether oxygens (including phenoxy) is 1. The molecule has 1 aliphatic rings. The summed E-state index contributed by atoms with van der Waals surface area (Å²) >= 11 is 6.25. The molecule has 35 heavy (non-hydrogen) atoms. The summed E-state index contributed by atoms with van der Waals surface area (Å²) in [6, 6.07) is 15.4. The van der Waals surface area contributed by atoms with Gasteiger partial charge in [0.2, 0.25) is 0 Å². The minimum atomic E-state index is -0.545. The Hall–Kier alpha value is -3.82. The van der Waals surface area contributed by atoms with Gasteiger partial charge >= 0.3 is 12.1 Å². The highest BCUT2D eigenvalue weighted by atomic mass is 35.5. The Morgan fingerprint density at radius 1 is 1.00 bits per heavy atom. The molecule has 1 aliphatic heterocycles. The van der Waals surface area contributed by atoms with Crippen molar-refractivity contribution in [3.05, 3.63) is 82.6 Å². The first-order valence-electron chi connectivity index (χ1n) is 11.0. The van der Waals surface area contributed by atoms with Crippen molar-refractivity contribution in [2.45, 2.75) is 13.0 Å². The number of anilines is 3. The third-order valence-corrected chi connectivity index (χ3v) is 5.74. The van der Waals surface area contributed by atoms with Crippen LogP contribution in [0.3, 0.4) is 0 Å². The van der Waals surface area contributed by atoms with Gasteiger partial charge in [-0.3, -0.25) is 0 Å². The van der Waals surface area contributed by atoms with E-state index in [1.54, 1.807) is 41.3 Å². The molecular weight excluding hydrogens is 475 g/mol. The van der Waals surface area contributed by atoms with Gasteiger partial charge in [0.1, 0.15) is 18.2 Å². The molecule has 1 heterocycles. The number of aliphatic hydroxyl groups is 1. The summed E-state index contributed by atoms with van der Waals surface area (Å²) in [6.07, 6.45) is 0.606. The molecule has 182 valence electrons. The Morgan fingerprint density at radius 3 is 2.60 bits per heavy atom. The maximum atomic E-state index is 13.7. The van der Waals surface area contributed by atoms with E-state index in [0.29, 0.717) is 41.7 Å². The van der Waals surface area contributed by atoms with Crippen LogP contribution in [-0.2, 0) is 13.0 Å². The molecular formula is C25H24ClFN4O4. The third-order valence-electron chi connectivity index (χ3n) is 5.43. The number of halogens is 2. The average molecular weight is 499 g/mol. The maximum absolute atomic E-state index is 13.7. The lowest BCUT2D eigenvalue weighted by molar-refractivity contribution is 0.201. The topological polar surface area (TPSA) is 103 Å². The third kappa shape index (κ3) is 6.20. The minimum absolute atomic E-state index is 0.0945. The van der Waals surface area contributed by atoms with E-state index in [0.717, 1.165) is 11.1 Å². The number of hydrogen-bond acceptors (Lipinski definition) is 4. The summed E-state index contributed by atoms with van der Waals surface area (Å²) in [4.78, 5) is 26.7. The molecule has 0 fully saturated rings. The first kappa shape index (κ1) is 24.3. The number of nitrogens with one attached hydrogen (secondary N) is 3. The summed E-state index contributed by atoms with van der Waals surface area (Å²) in [5, 5.41) is 17.2. The Kier molecular flexibility index (Phi) is 7.69. The second-order valence-electron chi connectivity index (χ2n) is 7.86. The van der Waals surface area contributed by atoms with E-state index in [4.69, 9.17) is 21.4 Å². The van der Waals surface area contributed by atoms with Gasteiger partial charge in [0.15, 0.2) is 0 Å². The smallest absolute Gasteiger partial charge is 0.323 e. The molecule has 4 rings (SSSR count). The molecule has 0 saturated heterocycles. The fraction of sp³-hybridized carbons (Fsp3) is 0.200. The lowest BCUT2D eigenvalue weighted by atomic mass is 9.99. The second-order valence-corrected chi connectivity index (χ2v) is 8.27. The molecule has 0 atom stereocenters. The predicted octanol–water partition coefficient (Wildman–Crippen LogP) is 5.08. The van der Waals surface area contributed by atoms with Crippen LogP contribution in [0.5, 0.6) is 5.75 Å². The number of urea groups is 2. The van der Waals surface area contributed by atoms with E-state index in [2.05, 4.69) is 16.0 Å². The molecule has 0 saturated carbocycles. The van der Waals surface area contributed by atoms with Gasteiger partial charge in [-0.25, -0.2) is 14.0 Å². The summed E-state index contributed by atoms with van der Waals surface area (Å²) < 4.78 is 19.1. The van der Waals surface area contributed by atoms with E-state index in [1.807, 2.05) is 12.1 Å². The van der Waals surface area contributed by atoms with Gasteiger partial charge in [0.05, 0.1) is 23.0 Å². The zero-order valence-electron chi connectivity index (χ0n) is 18.7. The minimum Gasteiger partial charge on any atom is -0.491 e. The normalized spacial score (nSPS) is 12.5. The van der Waals surface area contributed by atoms with Gasteiger partial charge in [-0.2, -0.15) is 0 Å². The van der Waals surface area contributed by atoms with Gasteiger partial charge in [-0.15, -0.1) is 0 Å². The Labute approximate surface area is 206 Å². The van der Waals surface area contributed by atoms with Gasteiger partial charge in [-0.1, -0.05) is 29.8 Å². The summed E-state index contributed by atoms with van der Waals surface area (Å²) in [5.74, 6) is -0.0142. The zero-order chi connectivity index (χ0) is 24.8. The lowest BCUT2D eigenvalue weighted by Crippen LogP contribution is -2.39. The summed E-state index contributed by atoms with van der Waals surface area (Å²) in [5.41, 5.74) is 3.11. The Morgan fingerprint density at radius 2 is 1.83 bits per heavy atom. The molecule has 3 aromatic rings. The molecule has 4 amide bonds.